The molecule has 0 aliphatic carbocycles. The fraction of sp³-hybridized carbons (Fsp3) is 0.273. The summed E-state index contributed by atoms with van der Waals surface area (Å²) in [6.45, 7) is 3.77. The molecule has 2 aromatic carbocycles. The van der Waals surface area contributed by atoms with Gasteiger partial charge in [-0.25, -0.2) is 4.68 Å². The third-order valence-corrected chi connectivity index (χ3v) is 5.96. The summed E-state index contributed by atoms with van der Waals surface area (Å²) in [4.78, 5) is 15.2. The summed E-state index contributed by atoms with van der Waals surface area (Å²) in [5, 5.41) is 5.62. The molecule has 144 valence electrons. The van der Waals surface area contributed by atoms with Crippen molar-refractivity contribution in [3.05, 3.63) is 70.3 Å². The number of benzene rings is 2. The molecule has 0 radical (unpaired) electrons. The third-order valence-electron chi connectivity index (χ3n) is 5.22. The van der Waals surface area contributed by atoms with Gasteiger partial charge in [0.2, 0.25) is 0 Å². The van der Waals surface area contributed by atoms with Crippen molar-refractivity contribution in [2.45, 2.75) is 19.8 Å². The first-order valence-electron chi connectivity index (χ1n) is 9.43. The van der Waals surface area contributed by atoms with Crippen LogP contribution in [-0.2, 0) is 0 Å². The number of hydrogen-bond acceptors (Lipinski definition) is 2. The Hall–Kier alpha value is -2.30. The Morgan fingerprint density at radius 2 is 1.71 bits per heavy atom. The van der Waals surface area contributed by atoms with Crippen molar-refractivity contribution in [1.82, 2.24) is 14.7 Å². The van der Waals surface area contributed by atoms with Crippen molar-refractivity contribution < 1.29 is 4.79 Å². The van der Waals surface area contributed by atoms with Crippen molar-refractivity contribution in [2.24, 2.45) is 5.92 Å². The van der Waals surface area contributed by atoms with Crippen molar-refractivity contribution in [1.29, 1.82) is 0 Å². The Kier molecular flexibility index (Phi) is 5.42. The van der Waals surface area contributed by atoms with E-state index in [9.17, 15) is 4.79 Å². The summed E-state index contributed by atoms with van der Waals surface area (Å²) >= 11 is 12.3. The van der Waals surface area contributed by atoms with Gasteiger partial charge in [0.25, 0.3) is 5.91 Å². The summed E-state index contributed by atoms with van der Waals surface area (Å²) in [6, 6.07) is 17.0. The molecule has 3 aromatic rings. The van der Waals surface area contributed by atoms with Crippen LogP contribution in [0.25, 0.3) is 16.9 Å². The van der Waals surface area contributed by atoms with E-state index < -0.39 is 0 Å². The molecule has 0 spiro atoms. The van der Waals surface area contributed by atoms with E-state index in [1.165, 1.54) is 0 Å². The average molecular weight is 414 g/mol. The van der Waals surface area contributed by atoms with Gasteiger partial charge >= 0.3 is 0 Å². The number of carbonyl (C=O) groups is 1. The summed E-state index contributed by atoms with van der Waals surface area (Å²) in [7, 11) is 0. The Bertz CT molecular complexity index is 992. The highest BCUT2D eigenvalue weighted by Crippen LogP contribution is 2.28. The molecule has 1 fully saturated rings. The topological polar surface area (TPSA) is 38.1 Å². The lowest BCUT2D eigenvalue weighted by Gasteiger charge is -2.30. The molecule has 0 unspecified atom stereocenters. The number of piperidine rings is 1. The molecule has 1 aromatic heterocycles. The minimum absolute atomic E-state index is 0.00680. The minimum Gasteiger partial charge on any atom is -0.337 e. The van der Waals surface area contributed by atoms with E-state index in [0.717, 1.165) is 37.2 Å². The molecular weight excluding hydrogens is 393 g/mol. The fourth-order valence-electron chi connectivity index (χ4n) is 3.47. The van der Waals surface area contributed by atoms with Crippen LogP contribution in [0.5, 0.6) is 0 Å². The van der Waals surface area contributed by atoms with Gasteiger partial charge < -0.3 is 4.90 Å². The molecule has 1 saturated heterocycles. The van der Waals surface area contributed by atoms with E-state index >= 15 is 0 Å². The number of aromatic nitrogens is 2. The highest BCUT2D eigenvalue weighted by Gasteiger charge is 2.26. The molecule has 0 atom stereocenters. The number of hydrogen-bond donors (Lipinski definition) is 0. The molecule has 4 nitrogen and oxygen atoms in total. The lowest BCUT2D eigenvalue weighted by molar-refractivity contribution is 0.0688. The van der Waals surface area contributed by atoms with Crippen LogP contribution in [0.3, 0.4) is 0 Å². The van der Waals surface area contributed by atoms with Crippen LogP contribution in [0, 0.1) is 5.92 Å². The zero-order chi connectivity index (χ0) is 19.7. The zero-order valence-electron chi connectivity index (χ0n) is 15.6. The van der Waals surface area contributed by atoms with Gasteiger partial charge in [-0.2, -0.15) is 5.10 Å². The summed E-state index contributed by atoms with van der Waals surface area (Å²) < 4.78 is 1.67. The van der Waals surface area contributed by atoms with Gasteiger partial charge in [-0.3, -0.25) is 4.79 Å². The first-order chi connectivity index (χ1) is 13.5. The van der Waals surface area contributed by atoms with Gasteiger partial charge in [0.1, 0.15) is 5.69 Å². The van der Waals surface area contributed by atoms with E-state index in [-0.39, 0.29) is 5.91 Å². The number of amides is 1. The van der Waals surface area contributed by atoms with E-state index in [1.54, 1.807) is 16.8 Å². The fourth-order valence-corrected chi connectivity index (χ4v) is 3.76. The predicted molar refractivity (Wildman–Crippen MR) is 113 cm³/mol. The first kappa shape index (κ1) is 19.0. The molecule has 0 saturated carbocycles. The maximum absolute atomic E-state index is 13.3. The van der Waals surface area contributed by atoms with Crippen LogP contribution in [-0.4, -0.2) is 33.7 Å². The molecule has 1 aliphatic rings. The average Bonchev–Trinajstić information content (AvgIpc) is 3.16. The van der Waals surface area contributed by atoms with Crippen molar-refractivity contribution in [3.63, 3.8) is 0 Å². The molecule has 1 aliphatic heterocycles. The Morgan fingerprint density at radius 1 is 1.00 bits per heavy atom. The van der Waals surface area contributed by atoms with Crippen molar-refractivity contribution in [3.8, 4) is 16.9 Å². The second kappa shape index (κ2) is 7.98. The van der Waals surface area contributed by atoms with Crippen LogP contribution in [0.4, 0.5) is 0 Å². The van der Waals surface area contributed by atoms with Gasteiger partial charge in [-0.1, -0.05) is 60.5 Å². The maximum Gasteiger partial charge on any atom is 0.272 e. The lowest BCUT2D eigenvalue weighted by atomic mass is 9.99. The SMILES string of the molecule is CC1CCN(C(=O)c2cc(-c3ccccc3)nn2-c2ccc(Cl)c(Cl)c2)CC1. The highest BCUT2D eigenvalue weighted by molar-refractivity contribution is 6.42. The number of nitrogens with zero attached hydrogens (tertiary/aromatic N) is 3. The second-order valence-corrected chi connectivity index (χ2v) is 8.08. The standard InChI is InChI=1S/C22H21Cl2N3O/c1-15-9-11-26(12-10-15)22(28)21-14-20(16-5-3-2-4-6-16)25-27(21)17-7-8-18(23)19(24)13-17/h2-8,13-15H,9-12H2,1H3. The normalized spacial score (nSPS) is 15.0. The van der Waals surface area contributed by atoms with Gasteiger partial charge in [-0.05, 0) is 43.0 Å². The van der Waals surface area contributed by atoms with Crippen LogP contribution in [0.1, 0.15) is 30.3 Å². The van der Waals surface area contributed by atoms with Gasteiger partial charge in [-0.15, -0.1) is 0 Å². The zero-order valence-corrected chi connectivity index (χ0v) is 17.1. The van der Waals surface area contributed by atoms with Crippen molar-refractivity contribution in [2.75, 3.05) is 13.1 Å². The smallest absolute Gasteiger partial charge is 0.272 e. The Morgan fingerprint density at radius 3 is 2.39 bits per heavy atom. The van der Waals surface area contributed by atoms with Crippen LogP contribution >= 0.6 is 23.2 Å². The molecular formula is C22H21Cl2N3O. The number of carbonyl (C=O) groups excluding carboxylic acids is 1. The molecule has 1 amide bonds. The van der Waals surface area contributed by atoms with Crippen LogP contribution in [0.2, 0.25) is 10.0 Å². The molecule has 0 N–H and O–H groups in total. The molecule has 2 heterocycles. The Balaban J connectivity index is 1.78. The van der Waals surface area contributed by atoms with E-state index in [2.05, 4.69) is 6.92 Å². The summed E-state index contributed by atoms with van der Waals surface area (Å²) in [6.07, 6.45) is 2.05. The number of rotatable bonds is 3. The predicted octanol–water partition coefficient (Wildman–Crippen LogP) is 5.72. The van der Waals surface area contributed by atoms with Gasteiger partial charge in [0, 0.05) is 18.7 Å². The third kappa shape index (κ3) is 3.80. The maximum atomic E-state index is 13.3. The molecule has 0 bridgehead atoms. The Labute approximate surface area is 174 Å². The minimum atomic E-state index is -0.00680. The monoisotopic (exact) mass is 413 g/mol. The van der Waals surface area contributed by atoms with E-state index in [4.69, 9.17) is 28.3 Å². The molecule has 4 rings (SSSR count). The molecule has 6 heteroatoms. The van der Waals surface area contributed by atoms with Crippen LogP contribution in [0.15, 0.2) is 54.6 Å². The van der Waals surface area contributed by atoms with E-state index in [1.807, 2.05) is 47.4 Å². The number of halogens is 2. The number of likely N-dealkylation sites (tertiary alicyclic amines) is 1. The summed E-state index contributed by atoms with van der Waals surface area (Å²) in [5.74, 6) is 0.650. The largest absolute Gasteiger partial charge is 0.337 e. The van der Waals surface area contributed by atoms with E-state index in [0.29, 0.717) is 27.3 Å². The summed E-state index contributed by atoms with van der Waals surface area (Å²) in [5.41, 5.74) is 2.96. The van der Waals surface area contributed by atoms with Crippen molar-refractivity contribution >= 4 is 29.1 Å². The van der Waals surface area contributed by atoms with Crippen LogP contribution < -0.4 is 0 Å². The second-order valence-electron chi connectivity index (χ2n) is 7.27. The quantitative estimate of drug-likeness (QED) is 0.550. The molecule has 28 heavy (non-hydrogen) atoms. The first-order valence-corrected chi connectivity index (χ1v) is 10.2. The van der Waals surface area contributed by atoms with Gasteiger partial charge in [0.05, 0.1) is 21.4 Å². The highest BCUT2D eigenvalue weighted by atomic mass is 35.5. The van der Waals surface area contributed by atoms with Gasteiger partial charge in [0.15, 0.2) is 0 Å². The lowest BCUT2D eigenvalue weighted by Crippen LogP contribution is -2.38.